The van der Waals surface area contributed by atoms with Gasteiger partial charge in [-0.2, -0.15) is 0 Å². The summed E-state index contributed by atoms with van der Waals surface area (Å²) in [4.78, 5) is 25.2. The van der Waals surface area contributed by atoms with Crippen LogP contribution >= 0.6 is 35.0 Å². The summed E-state index contributed by atoms with van der Waals surface area (Å²) in [6.07, 6.45) is -0.931. The Hall–Kier alpha value is -1.69. The van der Waals surface area contributed by atoms with Gasteiger partial charge >= 0.3 is 5.97 Å². The van der Waals surface area contributed by atoms with Gasteiger partial charge in [-0.25, -0.2) is 0 Å². The third-order valence-electron chi connectivity index (χ3n) is 3.50. The fraction of sp³-hybridized carbons (Fsp3) is 0.263. The van der Waals surface area contributed by atoms with Crippen molar-refractivity contribution in [3.63, 3.8) is 0 Å². The van der Waals surface area contributed by atoms with Gasteiger partial charge in [-0.3, -0.25) is 9.59 Å². The fourth-order valence-electron chi connectivity index (χ4n) is 2.15. The van der Waals surface area contributed by atoms with Crippen molar-refractivity contribution in [2.45, 2.75) is 31.8 Å². The molecule has 0 unspecified atom stereocenters. The Morgan fingerprint density at radius 1 is 1.12 bits per heavy atom. The van der Waals surface area contributed by atoms with E-state index in [-0.39, 0.29) is 5.75 Å². The molecule has 0 heterocycles. The van der Waals surface area contributed by atoms with Crippen LogP contribution in [0.25, 0.3) is 0 Å². The number of nitrogens with one attached hydrogen (secondary N) is 1. The van der Waals surface area contributed by atoms with Gasteiger partial charge in [0, 0.05) is 20.6 Å². The van der Waals surface area contributed by atoms with Crippen molar-refractivity contribution in [2.24, 2.45) is 0 Å². The molecule has 1 N–H and O–H groups in total. The van der Waals surface area contributed by atoms with Gasteiger partial charge in [-0.05, 0) is 50.6 Å². The van der Waals surface area contributed by atoms with Gasteiger partial charge in [-0.1, -0.05) is 40.9 Å². The lowest BCUT2D eigenvalue weighted by Gasteiger charge is -2.14. The van der Waals surface area contributed by atoms with E-state index in [1.165, 1.54) is 18.7 Å². The molecule has 0 saturated heterocycles. The van der Waals surface area contributed by atoms with E-state index in [0.29, 0.717) is 15.7 Å². The van der Waals surface area contributed by atoms with E-state index in [2.05, 4.69) is 5.32 Å². The summed E-state index contributed by atoms with van der Waals surface area (Å²) in [5.74, 6) is -0.777. The molecule has 138 valence electrons. The summed E-state index contributed by atoms with van der Waals surface area (Å²) in [6.45, 7) is 5.50. The molecule has 2 aromatic carbocycles. The molecule has 26 heavy (non-hydrogen) atoms. The highest BCUT2D eigenvalue weighted by Crippen LogP contribution is 2.24. The van der Waals surface area contributed by atoms with Crippen molar-refractivity contribution in [1.29, 1.82) is 0 Å². The topological polar surface area (TPSA) is 55.4 Å². The van der Waals surface area contributed by atoms with Crippen LogP contribution in [-0.4, -0.2) is 23.7 Å². The van der Waals surface area contributed by atoms with Gasteiger partial charge in [-0.15, -0.1) is 11.8 Å². The largest absolute Gasteiger partial charge is 0.452 e. The zero-order valence-corrected chi connectivity index (χ0v) is 17.0. The van der Waals surface area contributed by atoms with Crippen molar-refractivity contribution >= 4 is 52.5 Å². The quantitative estimate of drug-likeness (QED) is 0.519. The molecule has 0 aromatic heterocycles. The number of aryl methyl sites for hydroxylation is 2. The van der Waals surface area contributed by atoms with E-state index >= 15 is 0 Å². The van der Waals surface area contributed by atoms with Crippen LogP contribution in [0.2, 0.25) is 10.0 Å². The van der Waals surface area contributed by atoms with Crippen molar-refractivity contribution in [2.75, 3.05) is 11.1 Å². The predicted octanol–water partition coefficient (Wildman–Crippen LogP) is 5.27. The zero-order valence-electron chi connectivity index (χ0n) is 14.6. The maximum atomic E-state index is 12.2. The number of esters is 1. The summed E-state index contributed by atoms with van der Waals surface area (Å²) in [6, 6.07) is 10.7. The first-order valence-corrected chi connectivity index (χ1v) is 9.65. The minimum Gasteiger partial charge on any atom is -0.452 e. The summed E-state index contributed by atoms with van der Waals surface area (Å²) >= 11 is 13.2. The van der Waals surface area contributed by atoms with Crippen molar-refractivity contribution < 1.29 is 14.3 Å². The first kappa shape index (κ1) is 20.6. The number of carbonyl (C=O) groups excluding carboxylic acids is 2. The standard InChI is InChI=1S/C19H19Cl2NO3S/c1-11-4-5-12(2)17(6-11)26-10-18(23)25-13(3)19(24)22-16-8-14(20)7-15(21)9-16/h4-9,13H,10H2,1-3H3,(H,22,24)/t13-/m0/s1. The van der Waals surface area contributed by atoms with Crippen LogP contribution in [0, 0.1) is 13.8 Å². The van der Waals surface area contributed by atoms with Crippen LogP contribution in [0.3, 0.4) is 0 Å². The van der Waals surface area contributed by atoms with Gasteiger partial charge in [0.05, 0.1) is 5.75 Å². The monoisotopic (exact) mass is 411 g/mol. The van der Waals surface area contributed by atoms with Gasteiger partial charge in [0.15, 0.2) is 6.10 Å². The lowest BCUT2D eigenvalue weighted by Crippen LogP contribution is -2.30. The number of halogens is 2. The number of anilines is 1. The number of amides is 1. The highest BCUT2D eigenvalue weighted by molar-refractivity contribution is 8.00. The van der Waals surface area contributed by atoms with Crippen molar-refractivity contribution in [3.8, 4) is 0 Å². The predicted molar refractivity (Wildman–Crippen MR) is 107 cm³/mol. The first-order valence-electron chi connectivity index (χ1n) is 7.91. The third kappa shape index (κ3) is 6.24. The molecule has 0 aliphatic heterocycles. The SMILES string of the molecule is Cc1ccc(C)c(SCC(=O)O[C@@H](C)C(=O)Nc2cc(Cl)cc(Cl)c2)c1. The Labute approximate surface area is 167 Å². The number of benzene rings is 2. The molecule has 0 spiro atoms. The van der Waals surface area contributed by atoms with Gasteiger partial charge < -0.3 is 10.1 Å². The van der Waals surface area contributed by atoms with Crippen LogP contribution in [0.15, 0.2) is 41.3 Å². The lowest BCUT2D eigenvalue weighted by atomic mass is 10.2. The van der Waals surface area contributed by atoms with Gasteiger partial charge in [0.25, 0.3) is 5.91 Å². The van der Waals surface area contributed by atoms with E-state index in [0.717, 1.165) is 16.0 Å². The number of thioether (sulfide) groups is 1. The fourth-order valence-corrected chi connectivity index (χ4v) is 3.59. The molecule has 0 aliphatic carbocycles. The average molecular weight is 412 g/mol. The molecule has 0 radical (unpaired) electrons. The first-order chi connectivity index (χ1) is 12.2. The number of hydrogen-bond donors (Lipinski definition) is 1. The number of hydrogen-bond acceptors (Lipinski definition) is 4. The summed E-state index contributed by atoms with van der Waals surface area (Å²) < 4.78 is 5.20. The van der Waals surface area contributed by atoms with Crippen LogP contribution < -0.4 is 5.32 Å². The van der Waals surface area contributed by atoms with E-state index < -0.39 is 18.0 Å². The maximum Gasteiger partial charge on any atom is 0.317 e. The maximum absolute atomic E-state index is 12.2. The van der Waals surface area contributed by atoms with Gasteiger partial charge in [0.1, 0.15) is 0 Å². The van der Waals surface area contributed by atoms with Gasteiger partial charge in [0.2, 0.25) is 0 Å². The van der Waals surface area contributed by atoms with Crippen LogP contribution in [-0.2, 0) is 14.3 Å². The number of rotatable bonds is 6. The second-order valence-corrected chi connectivity index (χ2v) is 7.73. The molecule has 2 rings (SSSR count). The van der Waals surface area contributed by atoms with E-state index in [1.54, 1.807) is 18.2 Å². The molecule has 0 bridgehead atoms. The van der Waals surface area contributed by atoms with E-state index in [1.807, 2.05) is 32.0 Å². The van der Waals surface area contributed by atoms with Crippen LogP contribution in [0.4, 0.5) is 5.69 Å². The highest BCUT2D eigenvalue weighted by atomic mass is 35.5. The summed E-state index contributed by atoms with van der Waals surface area (Å²) in [7, 11) is 0. The molecule has 0 saturated carbocycles. The molecule has 0 aliphatic rings. The highest BCUT2D eigenvalue weighted by Gasteiger charge is 2.18. The second kappa shape index (κ2) is 9.31. The molecular formula is C19H19Cl2NO3S. The van der Waals surface area contributed by atoms with Crippen molar-refractivity contribution in [3.05, 3.63) is 57.6 Å². The minimum absolute atomic E-state index is 0.130. The summed E-state index contributed by atoms with van der Waals surface area (Å²) in [5, 5.41) is 3.44. The Bertz CT molecular complexity index is 806. The Balaban J connectivity index is 1.87. The lowest BCUT2D eigenvalue weighted by molar-refractivity contribution is -0.150. The minimum atomic E-state index is -0.931. The van der Waals surface area contributed by atoms with E-state index in [9.17, 15) is 9.59 Å². The second-order valence-electron chi connectivity index (χ2n) is 5.84. The summed E-state index contributed by atoms with van der Waals surface area (Å²) in [5.41, 5.74) is 2.66. The van der Waals surface area contributed by atoms with Crippen LogP contribution in [0.5, 0.6) is 0 Å². The smallest absolute Gasteiger partial charge is 0.317 e. The normalized spacial score (nSPS) is 11.7. The van der Waals surface area contributed by atoms with Crippen LogP contribution in [0.1, 0.15) is 18.1 Å². The molecule has 2 aromatic rings. The van der Waals surface area contributed by atoms with Crippen molar-refractivity contribution in [1.82, 2.24) is 0 Å². The number of ether oxygens (including phenoxy) is 1. The molecule has 0 fully saturated rings. The molecular weight excluding hydrogens is 393 g/mol. The Morgan fingerprint density at radius 3 is 2.42 bits per heavy atom. The third-order valence-corrected chi connectivity index (χ3v) is 5.06. The van der Waals surface area contributed by atoms with E-state index in [4.69, 9.17) is 27.9 Å². The average Bonchev–Trinajstić information content (AvgIpc) is 2.54. The number of carbonyl (C=O) groups is 2. The molecule has 4 nitrogen and oxygen atoms in total. The zero-order chi connectivity index (χ0) is 19.3. The molecule has 1 amide bonds. The Morgan fingerprint density at radius 2 is 1.77 bits per heavy atom. The molecule has 1 atom stereocenters. The Kier molecular flexibility index (Phi) is 7.38. The molecule has 7 heteroatoms.